The first-order chi connectivity index (χ1) is 9.06. The molecule has 0 bridgehead atoms. The number of hydrazine groups is 1. The van der Waals surface area contributed by atoms with Crippen LogP contribution in [0.15, 0.2) is 29.3 Å². The predicted molar refractivity (Wildman–Crippen MR) is 67.5 cm³/mol. The van der Waals surface area contributed by atoms with Gasteiger partial charge in [-0.1, -0.05) is 0 Å². The van der Waals surface area contributed by atoms with Gasteiger partial charge < -0.3 is 4.74 Å². The smallest absolute Gasteiger partial charge is 0.314 e. The summed E-state index contributed by atoms with van der Waals surface area (Å²) in [7, 11) is 0. The third kappa shape index (κ3) is 3.18. The first-order valence-electron chi connectivity index (χ1n) is 5.58. The summed E-state index contributed by atoms with van der Waals surface area (Å²) >= 11 is 0. The number of rotatable bonds is 3. The van der Waals surface area contributed by atoms with Crippen molar-refractivity contribution in [1.29, 1.82) is 0 Å². The van der Waals surface area contributed by atoms with Gasteiger partial charge in [0.05, 0.1) is 23.7 Å². The highest BCUT2D eigenvalue weighted by Gasteiger charge is 2.20. The summed E-state index contributed by atoms with van der Waals surface area (Å²) in [6.45, 7) is 2.37. The van der Waals surface area contributed by atoms with Gasteiger partial charge in [-0.2, -0.15) is 0 Å². The Balaban J connectivity index is 2.02. The van der Waals surface area contributed by atoms with Crippen molar-refractivity contribution >= 4 is 23.4 Å². The van der Waals surface area contributed by atoms with Crippen LogP contribution in [-0.2, 0) is 9.53 Å². The number of benzene rings is 1. The molecule has 0 fully saturated rings. The van der Waals surface area contributed by atoms with Gasteiger partial charge in [0.1, 0.15) is 0 Å². The number of hydrogen-bond donors (Lipinski definition) is 1. The van der Waals surface area contributed by atoms with Crippen molar-refractivity contribution < 1.29 is 14.5 Å². The molecule has 1 heterocycles. The number of amidine groups is 1. The summed E-state index contributed by atoms with van der Waals surface area (Å²) in [5.74, 6) is -0.448. The fourth-order valence-corrected chi connectivity index (χ4v) is 1.56. The molecule has 0 atom stereocenters. The van der Waals surface area contributed by atoms with Crippen LogP contribution in [0, 0.1) is 10.1 Å². The summed E-state index contributed by atoms with van der Waals surface area (Å²) in [6, 6.07) is 6.12. The van der Waals surface area contributed by atoms with Crippen molar-refractivity contribution in [2.24, 2.45) is 4.99 Å². The van der Waals surface area contributed by atoms with Crippen LogP contribution in [-0.4, -0.2) is 35.0 Å². The minimum absolute atomic E-state index is 0.0147. The standard InChI is InChI=1S/C11H12N4O4/c1-8(16)19-11-12-6-7-14(11)13-9-2-4-10(5-3-9)15(17)18/h2-5,13H,6-7H2,1H3. The number of anilines is 1. The minimum Gasteiger partial charge on any atom is -0.392 e. The molecule has 1 aliphatic rings. The molecule has 0 aliphatic carbocycles. The van der Waals surface area contributed by atoms with Gasteiger partial charge in [0, 0.05) is 19.1 Å². The number of nitrogens with zero attached hydrogens (tertiary/aromatic N) is 3. The van der Waals surface area contributed by atoms with Gasteiger partial charge >= 0.3 is 12.0 Å². The Morgan fingerprint density at radius 3 is 2.74 bits per heavy atom. The molecule has 1 aromatic rings. The first kappa shape index (κ1) is 12.8. The number of non-ortho nitro benzene ring substituents is 1. The molecule has 1 aliphatic heterocycles. The number of nitro benzene ring substituents is 1. The van der Waals surface area contributed by atoms with Gasteiger partial charge in [-0.05, 0) is 12.1 Å². The molecule has 8 nitrogen and oxygen atoms in total. The lowest BCUT2D eigenvalue weighted by atomic mass is 10.3. The fraction of sp³-hybridized carbons (Fsp3) is 0.273. The molecule has 0 aromatic heterocycles. The monoisotopic (exact) mass is 264 g/mol. The number of nitro groups is 1. The van der Waals surface area contributed by atoms with Crippen LogP contribution in [0.2, 0.25) is 0 Å². The molecule has 0 saturated carbocycles. The van der Waals surface area contributed by atoms with Crippen LogP contribution in [0.1, 0.15) is 6.92 Å². The Labute approximate surface area is 108 Å². The molecular weight excluding hydrogens is 252 g/mol. The second kappa shape index (κ2) is 5.34. The Bertz CT molecular complexity index is 526. The third-order valence-corrected chi connectivity index (χ3v) is 2.38. The molecule has 1 aromatic carbocycles. The van der Waals surface area contributed by atoms with Crippen LogP contribution < -0.4 is 5.43 Å². The number of carbonyl (C=O) groups excluding carboxylic acids is 1. The van der Waals surface area contributed by atoms with Crippen LogP contribution in [0.25, 0.3) is 0 Å². The lowest BCUT2D eigenvalue weighted by Crippen LogP contribution is -2.35. The van der Waals surface area contributed by atoms with Crippen molar-refractivity contribution in [3.05, 3.63) is 34.4 Å². The first-order valence-corrected chi connectivity index (χ1v) is 5.58. The van der Waals surface area contributed by atoms with Gasteiger partial charge in [0.2, 0.25) is 0 Å². The predicted octanol–water partition coefficient (Wildman–Crippen LogP) is 1.16. The fourth-order valence-electron chi connectivity index (χ4n) is 1.56. The average Bonchev–Trinajstić information content (AvgIpc) is 2.76. The second-order valence-electron chi connectivity index (χ2n) is 3.83. The van der Waals surface area contributed by atoms with Crippen LogP contribution in [0.3, 0.4) is 0 Å². The molecule has 0 amide bonds. The van der Waals surface area contributed by atoms with Gasteiger partial charge in [-0.25, -0.2) is 10.0 Å². The molecular formula is C11H12N4O4. The van der Waals surface area contributed by atoms with Gasteiger partial charge in [0.25, 0.3) is 5.69 Å². The molecule has 2 rings (SSSR count). The molecule has 0 spiro atoms. The lowest BCUT2D eigenvalue weighted by molar-refractivity contribution is -0.384. The minimum atomic E-state index is -0.467. The van der Waals surface area contributed by atoms with Gasteiger partial charge in [-0.3, -0.25) is 20.3 Å². The summed E-state index contributed by atoms with van der Waals surface area (Å²) in [4.78, 5) is 25.0. The van der Waals surface area contributed by atoms with E-state index in [1.165, 1.54) is 19.1 Å². The lowest BCUT2D eigenvalue weighted by Gasteiger charge is -2.20. The van der Waals surface area contributed by atoms with E-state index < -0.39 is 10.9 Å². The van der Waals surface area contributed by atoms with Crippen molar-refractivity contribution in [3.8, 4) is 0 Å². The zero-order valence-corrected chi connectivity index (χ0v) is 10.2. The largest absolute Gasteiger partial charge is 0.392 e. The normalized spacial score (nSPS) is 13.9. The molecule has 0 saturated heterocycles. The molecule has 0 unspecified atom stereocenters. The van der Waals surface area contributed by atoms with E-state index in [2.05, 4.69) is 10.4 Å². The Morgan fingerprint density at radius 2 is 2.16 bits per heavy atom. The van der Waals surface area contributed by atoms with E-state index in [-0.39, 0.29) is 11.7 Å². The number of ether oxygens (including phenoxy) is 1. The van der Waals surface area contributed by atoms with Crippen molar-refractivity contribution in [2.45, 2.75) is 6.92 Å². The second-order valence-corrected chi connectivity index (χ2v) is 3.83. The van der Waals surface area contributed by atoms with E-state index >= 15 is 0 Å². The molecule has 100 valence electrons. The summed E-state index contributed by atoms with van der Waals surface area (Å²) in [5, 5.41) is 12.1. The van der Waals surface area contributed by atoms with E-state index in [1.54, 1.807) is 17.1 Å². The maximum atomic E-state index is 10.9. The Hall–Kier alpha value is -2.64. The van der Waals surface area contributed by atoms with E-state index in [1.807, 2.05) is 0 Å². The highest BCUT2D eigenvalue weighted by Crippen LogP contribution is 2.17. The average molecular weight is 264 g/mol. The Morgan fingerprint density at radius 1 is 1.47 bits per heavy atom. The zero-order valence-electron chi connectivity index (χ0n) is 10.2. The van der Waals surface area contributed by atoms with Crippen LogP contribution >= 0.6 is 0 Å². The van der Waals surface area contributed by atoms with E-state index in [0.29, 0.717) is 18.8 Å². The molecule has 8 heteroatoms. The maximum Gasteiger partial charge on any atom is 0.314 e. The number of esters is 1. The number of carbonyl (C=O) groups is 1. The number of nitrogens with one attached hydrogen (secondary N) is 1. The zero-order chi connectivity index (χ0) is 13.8. The Kier molecular flexibility index (Phi) is 3.60. The molecule has 19 heavy (non-hydrogen) atoms. The van der Waals surface area contributed by atoms with Crippen molar-refractivity contribution in [3.63, 3.8) is 0 Å². The summed E-state index contributed by atoms with van der Waals surface area (Å²) in [6.07, 6.45) is 0. The highest BCUT2D eigenvalue weighted by atomic mass is 16.6. The highest BCUT2D eigenvalue weighted by molar-refractivity contribution is 5.87. The van der Waals surface area contributed by atoms with E-state index in [4.69, 9.17) is 4.74 Å². The molecule has 0 radical (unpaired) electrons. The van der Waals surface area contributed by atoms with E-state index in [9.17, 15) is 14.9 Å². The number of aliphatic imine (C=N–C) groups is 1. The topological polar surface area (TPSA) is 97.1 Å². The summed E-state index contributed by atoms with van der Waals surface area (Å²) in [5.41, 5.74) is 3.63. The van der Waals surface area contributed by atoms with Gasteiger partial charge in [-0.15, -0.1) is 0 Å². The molecule has 1 N–H and O–H groups in total. The van der Waals surface area contributed by atoms with Gasteiger partial charge in [0.15, 0.2) is 0 Å². The number of hydrogen-bond acceptors (Lipinski definition) is 7. The maximum absolute atomic E-state index is 10.9. The summed E-state index contributed by atoms with van der Waals surface area (Å²) < 4.78 is 4.92. The van der Waals surface area contributed by atoms with Crippen molar-refractivity contribution in [2.75, 3.05) is 18.5 Å². The van der Waals surface area contributed by atoms with E-state index in [0.717, 1.165) is 0 Å². The third-order valence-electron chi connectivity index (χ3n) is 2.38. The van der Waals surface area contributed by atoms with Crippen LogP contribution in [0.5, 0.6) is 0 Å². The quantitative estimate of drug-likeness (QED) is 0.499. The van der Waals surface area contributed by atoms with Crippen molar-refractivity contribution in [1.82, 2.24) is 5.01 Å². The SMILES string of the molecule is CC(=O)OC1=NCCN1Nc1ccc([N+](=O)[O-])cc1. The van der Waals surface area contributed by atoms with Crippen LogP contribution in [0.4, 0.5) is 11.4 Å².